The zero-order chi connectivity index (χ0) is 22.4. The van der Waals surface area contributed by atoms with Gasteiger partial charge < -0.3 is 10.2 Å². The van der Waals surface area contributed by atoms with Crippen molar-refractivity contribution < 1.29 is 14.0 Å². The molecule has 1 aliphatic rings. The van der Waals surface area contributed by atoms with Crippen molar-refractivity contribution in [1.82, 2.24) is 19.8 Å². The lowest BCUT2D eigenvalue weighted by atomic mass is 10.1. The predicted molar refractivity (Wildman–Crippen MR) is 118 cm³/mol. The minimum absolute atomic E-state index is 0.0319. The number of aromatic nitrogens is 2. The minimum Gasteiger partial charge on any atom is -0.386 e. The number of rotatable bonds is 8. The number of pyridine rings is 2. The molecule has 0 radical (unpaired) electrons. The molecule has 2 aromatic rings. The van der Waals surface area contributed by atoms with Crippen molar-refractivity contribution >= 4 is 24.0 Å². The molecule has 1 fully saturated rings. The molecule has 3 heterocycles. The first kappa shape index (κ1) is 22.6. The lowest BCUT2D eigenvalue weighted by Crippen LogP contribution is -2.50. The minimum atomic E-state index is -0.370. The highest BCUT2D eigenvalue weighted by atomic mass is 19.1. The van der Waals surface area contributed by atoms with Gasteiger partial charge in [-0.3, -0.25) is 24.5 Å². The molecular weight excluding hydrogens is 397 g/mol. The summed E-state index contributed by atoms with van der Waals surface area (Å²) in [6, 6.07) is 4.94. The third-order valence-corrected chi connectivity index (χ3v) is 5.57. The van der Waals surface area contributed by atoms with Gasteiger partial charge in [-0.2, -0.15) is 0 Å². The third-order valence-electron chi connectivity index (χ3n) is 5.57. The van der Waals surface area contributed by atoms with Crippen molar-refractivity contribution in [2.24, 2.45) is 0 Å². The summed E-state index contributed by atoms with van der Waals surface area (Å²) in [5.41, 5.74) is 3.85. The number of halogens is 1. The van der Waals surface area contributed by atoms with Crippen LogP contribution in [0.15, 0.2) is 36.2 Å². The van der Waals surface area contributed by atoms with Crippen LogP contribution in [0, 0.1) is 5.82 Å². The Balaban J connectivity index is 1.66. The summed E-state index contributed by atoms with van der Waals surface area (Å²) in [4.78, 5) is 36.4. The summed E-state index contributed by atoms with van der Waals surface area (Å²) in [6.07, 6.45) is 6.21. The average Bonchev–Trinajstić information content (AvgIpc) is 2.79. The largest absolute Gasteiger partial charge is 0.386 e. The van der Waals surface area contributed by atoms with E-state index in [4.69, 9.17) is 0 Å². The Bertz CT molecular complexity index is 961. The van der Waals surface area contributed by atoms with Crippen molar-refractivity contribution in [3.63, 3.8) is 0 Å². The molecule has 0 aromatic carbocycles. The van der Waals surface area contributed by atoms with Crippen molar-refractivity contribution in [2.45, 2.75) is 32.9 Å². The van der Waals surface area contributed by atoms with Crippen molar-refractivity contribution in [1.29, 1.82) is 0 Å². The number of anilines is 1. The molecule has 1 N–H and O–H groups in total. The summed E-state index contributed by atoms with van der Waals surface area (Å²) in [5, 5.41) is 3.11. The number of carbonyl (C=O) groups excluding carboxylic acids is 2. The second kappa shape index (κ2) is 10.3. The molecule has 3 rings (SSSR count). The fourth-order valence-corrected chi connectivity index (χ4v) is 3.58. The Morgan fingerprint density at radius 1 is 1.29 bits per heavy atom. The molecule has 1 aliphatic heterocycles. The molecular formula is C23H28FN5O2. The first-order valence-corrected chi connectivity index (χ1v) is 10.4. The number of hydrogen-bond acceptors (Lipinski definition) is 6. The number of nitrogens with one attached hydrogen (secondary N) is 1. The van der Waals surface area contributed by atoms with Gasteiger partial charge in [-0.05, 0) is 48.8 Å². The van der Waals surface area contributed by atoms with Crippen LogP contribution in [0.1, 0.15) is 43.3 Å². The third kappa shape index (κ3) is 5.52. The summed E-state index contributed by atoms with van der Waals surface area (Å²) in [5.74, 6) is -0.339. The van der Waals surface area contributed by atoms with Crippen molar-refractivity contribution in [2.75, 3.05) is 32.0 Å². The molecule has 1 atom stereocenters. The first-order valence-electron chi connectivity index (χ1n) is 10.4. The van der Waals surface area contributed by atoms with E-state index in [-0.39, 0.29) is 24.3 Å². The lowest BCUT2D eigenvalue weighted by molar-refractivity contribution is -0.137. The van der Waals surface area contributed by atoms with E-state index in [1.54, 1.807) is 25.4 Å². The monoisotopic (exact) mass is 425 g/mol. The van der Waals surface area contributed by atoms with Gasteiger partial charge in [-0.15, -0.1) is 0 Å². The maximum absolute atomic E-state index is 13.1. The molecule has 31 heavy (non-hydrogen) atoms. The molecule has 2 aromatic heterocycles. The number of amides is 1. The van der Waals surface area contributed by atoms with Crippen LogP contribution in [0.5, 0.6) is 0 Å². The highest BCUT2D eigenvalue weighted by Crippen LogP contribution is 2.23. The average molecular weight is 426 g/mol. The number of aldehydes is 1. The Morgan fingerprint density at radius 3 is 2.71 bits per heavy atom. The summed E-state index contributed by atoms with van der Waals surface area (Å²) in [6.45, 7) is 5.95. The van der Waals surface area contributed by atoms with Gasteiger partial charge in [0.15, 0.2) is 0 Å². The van der Waals surface area contributed by atoms with Crippen LogP contribution in [-0.2, 0) is 16.1 Å². The Labute approximate surface area is 182 Å². The van der Waals surface area contributed by atoms with Gasteiger partial charge in [0.1, 0.15) is 12.1 Å². The highest BCUT2D eigenvalue weighted by molar-refractivity contribution is 5.83. The van der Waals surface area contributed by atoms with Gasteiger partial charge in [-0.1, -0.05) is 6.92 Å². The van der Waals surface area contributed by atoms with E-state index in [2.05, 4.69) is 20.2 Å². The smallest absolute Gasteiger partial charge is 0.237 e. The summed E-state index contributed by atoms with van der Waals surface area (Å²) < 4.78 is 13.1. The van der Waals surface area contributed by atoms with Crippen LogP contribution in [0.25, 0.3) is 6.08 Å². The summed E-state index contributed by atoms with van der Waals surface area (Å²) in [7, 11) is 1.81. The Kier molecular flexibility index (Phi) is 7.46. The molecule has 164 valence electrons. The molecule has 1 amide bonds. The quantitative estimate of drug-likeness (QED) is 0.517. The number of carbonyl (C=O) groups is 2. The number of nitrogens with zero attached hydrogens (tertiary/aromatic N) is 4. The topological polar surface area (TPSA) is 78.4 Å². The Hall–Kier alpha value is -3.13. The van der Waals surface area contributed by atoms with Gasteiger partial charge >= 0.3 is 0 Å². The van der Waals surface area contributed by atoms with E-state index >= 15 is 0 Å². The highest BCUT2D eigenvalue weighted by Gasteiger charge is 2.28. The number of piperazine rings is 1. The number of allylic oxidation sites excluding steroid dienone is 1. The zero-order valence-corrected chi connectivity index (χ0v) is 18.1. The van der Waals surface area contributed by atoms with Gasteiger partial charge in [0.05, 0.1) is 29.8 Å². The fourth-order valence-electron chi connectivity index (χ4n) is 3.58. The molecule has 0 bridgehead atoms. The predicted octanol–water partition coefficient (Wildman–Crippen LogP) is 3.06. The molecule has 7 nitrogen and oxygen atoms in total. The van der Waals surface area contributed by atoms with E-state index in [0.717, 1.165) is 23.2 Å². The van der Waals surface area contributed by atoms with Crippen molar-refractivity contribution in [3.05, 3.63) is 58.9 Å². The molecule has 0 aliphatic carbocycles. The van der Waals surface area contributed by atoms with E-state index in [1.165, 1.54) is 12.3 Å². The second-order valence-electron chi connectivity index (χ2n) is 7.58. The first-order chi connectivity index (χ1) is 14.9. The van der Waals surface area contributed by atoms with Crippen molar-refractivity contribution in [3.8, 4) is 0 Å². The van der Waals surface area contributed by atoms with E-state index in [1.807, 2.05) is 24.8 Å². The Morgan fingerprint density at radius 2 is 2.10 bits per heavy atom. The van der Waals surface area contributed by atoms with E-state index in [0.29, 0.717) is 37.3 Å². The number of hydrogen-bond donors (Lipinski definition) is 1. The summed E-state index contributed by atoms with van der Waals surface area (Å²) >= 11 is 0. The fraction of sp³-hybridized carbons (Fsp3) is 0.391. The van der Waals surface area contributed by atoms with Gasteiger partial charge in [0.2, 0.25) is 5.91 Å². The van der Waals surface area contributed by atoms with Crippen LogP contribution in [0.4, 0.5) is 10.1 Å². The van der Waals surface area contributed by atoms with Gasteiger partial charge in [0.25, 0.3) is 0 Å². The molecule has 0 saturated carbocycles. The van der Waals surface area contributed by atoms with Crippen LogP contribution in [0.3, 0.4) is 0 Å². The molecule has 1 unspecified atom stereocenters. The normalized spacial score (nSPS) is 16.3. The van der Waals surface area contributed by atoms with Crippen LogP contribution < -0.4 is 5.32 Å². The van der Waals surface area contributed by atoms with Gasteiger partial charge in [-0.25, -0.2) is 4.39 Å². The standard InChI is InChI=1S/C23H28FN5O2/c1-4-17(15-30)9-22-21(25-3)10-18(11-26-22)13-29-8-7-28(14-23(29)31)16(2)20-6-5-19(24)12-27-20/h5-6,9-12,15-16,25H,4,7-8,13-14H2,1-3H3/b17-9-. The molecule has 1 saturated heterocycles. The van der Waals surface area contributed by atoms with E-state index in [9.17, 15) is 14.0 Å². The van der Waals surface area contributed by atoms with E-state index < -0.39 is 0 Å². The zero-order valence-electron chi connectivity index (χ0n) is 18.1. The maximum Gasteiger partial charge on any atom is 0.237 e. The van der Waals surface area contributed by atoms with Gasteiger partial charge in [0, 0.05) is 38.9 Å². The molecule has 0 spiro atoms. The molecule has 8 heteroatoms. The van der Waals surface area contributed by atoms with Crippen LogP contribution >= 0.6 is 0 Å². The lowest BCUT2D eigenvalue weighted by Gasteiger charge is -2.37. The SMILES string of the molecule is CC/C(C=O)=C/c1ncc(CN2CCN(C(C)c3ccc(F)cn3)CC2=O)cc1NC. The maximum atomic E-state index is 13.1. The van der Waals surface area contributed by atoms with Crippen LogP contribution in [-0.4, -0.2) is 58.6 Å². The van der Waals surface area contributed by atoms with Crippen LogP contribution in [0.2, 0.25) is 0 Å². The second-order valence-corrected chi connectivity index (χ2v) is 7.58.